The second-order valence-electron chi connectivity index (χ2n) is 9.16. The summed E-state index contributed by atoms with van der Waals surface area (Å²) in [6, 6.07) is 4.68. The number of hydrogen-bond donors (Lipinski definition) is 2. The summed E-state index contributed by atoms with van der Waals surface area (Å²) in [5.41, 5.74) is 0.763. The largest absolute Gasteiger partial charge is 0.481 e. The quantitative estimate of drug-likeness (QED) is 0.603. The van der Waals surface area contributed by atoms with Crippen LogP contribution >= 0.6 is 23.2 Å². The molecule has 3 aliphatic rings. The van der Waals surface area contributed by atoms with Gasteiger partial charge in [-0.25, -0.2) is 0 Å². The monoisotopic (exact) mass is 497 g/mol. The number of likely N-dealkylation sites (tertiary alicyclic amines) is 1. The van der Waals surface area contributed by atoms with E-state index in [2.05, 4.69) is 4.90 Å². The SMILES string of the molecule is O=C(O)CC(=O)N1CCN(C(=O)Cc2ccc(Cl)c(Cl)c2)[C@H]2[C@H](N3CCC(O)C3)CCC[C@H]21. The average molecular weight is 498 g/mol. The van der Waals surface area contributed by atoms with Crippen LogP contribution in [0, 0.1) is 0 Å². The fourth-order valence-corrected chi connectivity index (χ4v) is 5.97. The molecule has 1 unspecified atom stereocenters. The summed E-state index contributed by atoms with van der Waals surface area (Å²) >= 11 is 12.1. The minimum absolute atomic E-state index is 0.0130. The molecule has 0 radical (unpaired) electrons. The molecule has 0 spiro atoms. The third kappa shape index (κ3) is 5.29. The highest BCUT2D eigenvalue weighted by molar-refractivity contribution is 6.42. The maximum Gasteiger partial charge on any atom is 0.312 e. The molecular formula is C23H29Cl2N3O5. The lowest BCUT2D eigenvalue weighted by Crippen LogP contribution is -2.69. The number of fused-ring (bicyclic) bond motifs is 1. The molecule has 0 bridgehead atoms. The molecule has 2 saturated heterocycles. The van der Waals surface area contributed by atoms with Gasteiger partial charge in [0.2, 0.25) is 11.8 Å². The van der Waals surface area contributed by atoms with Gasteiger partial charge in [0, 0.05) is 32.2 Å². The lowest BCUT2D eigenvalue weighted by molar-refractivity contribution is -0.156. The topological polar surface area (TPSA) is 101 Å². The summed E-state index contributed by atoms with van der Waals surface area (Å²) in [5.74, 6) is -1.61. The molecule has 3 fully saturated rings. The zero-order chi connectivity index (χ0) is 23.7. The van der Waals surface area contributed by atoms with Crippen molar-refractivity contribution in [1.29, 1.82) is 0 Å². The fraction of sp³-hybridized carbons (Fsp3) is 0.609. The van der Waals surface area contributed by atoms with Gasteiger partial charge in [0.25, 0.3) is 0 Å². The third-order valence-electron chi connectivity index (χ3n) is 7.08. The summed E-state index contributed by atoms with van der Waals surface area (Å²) in [6.45, 7) is 1.95. The maximum absolute atomic E-state index is 13.5. The van der Waals surface area contributed by atoms with Crippen LogP contribution in [-0.4, -0.2) is 93.1 Å². The number of amides is 2. The van der Waals surface area contributed by atoms with Crippen molar-refractivity contribution in [3.8, 4) is 0 Å². The Morgan fingerprint density at radius 1 is 0.939 bits per heavy atom. The van der Waals surface area contributed by atoms with Crippen molar-refractivity contribution in [3.63, 3.8) is 0 Å². The van der Waals surface area contributed by atoms with Gasteiger partial charge in [-0.2, -0.15) is 0 Å². The molecule has 33 heavy (non-hydrogen) atoms. The molecule has 1 aromatic carbocycles. The third-order valence-corrected chi connectivity index (χ3v) is 7.82. The van der Waals surface area contributed by atoms with E-state index in [4.69, 9.17) is 28.3 Å². The second-order valence-corrected chi connectivity index (χ2v) is 9.98. The number of halogens is 2. The average Bonchev–Trinajstić information content (AvgIpc) is 3.20. The fourth-order valence-electron chi connectivity index (χ4n) is 5.65. The molecule has 1 aliphatic carbocycles. The zero-order valence-electron chi connectivity index (χ0n) is 18.3. The molecule has 4 rings (SSSR count). The summed E-state index contributed by atoms with van der Waals surface area (Å²) in [5, 5.41) is 20.1. The maximum atomic E-state index is 13.5. The summed E-state index contributed by atoms with van der Waals surface area (Å²) < 4.78 is 0. The summed E-state index contributed by atoms with van der Waals surface area (Å²) in [6.07, 6.45) is 2.38. The Labute approximate surface area is 203 Å². The van der Waals surface area contributed by atoms with E-state index in [1.165, 1.54) is 0 Å². The van der Waals surface area contributed by atoms with Crippen molar-refractivity contribution >= 4 is 41.0 Å². The molecule has 2 amide bonds. The molecule has 0 aromatic heterocycles. The number of hydrogen-bond acceptors (Lipinski definition) is 5. The number of aliphatic carboxylic acids is 1. The number of carbonyl (C=O) groups is 3. The van der Waals surface area contributed by atoms with Crippen molar-refractivity contribution in [1.82, 2.24) is 14.7 Å². The molecule has 2 aliphatic heterocycles. The van der Waals surface area contributed by atoms with E-state index in [9.17, 15) is 19.5 Å². The van der Waals surface area contributed by atoms with E-state index >= 15 is 0 Å². The highest BCUT2D eigenvalue weighted by atomic mass is 35.5. The highest BCUT2D eigenvalue weighted by Crippen LogP contribution is 2.35. The van der Waals surface area contributed by atoms with Gasteiger partial charge in [-0.1, -0.05) is 29.3 Å². The van der Waals surface area contributed by atoms with Crippen molar-refractivity contribution < 1.29 is 24.6 Å². The van der Waals surface area contributed by atoms with Crippen LogP contribution in [-0.2, 0) is 20.8 Å². The van der Waals surface area contributed by atoms with Gasteiger partial charge >= 0.3 is 5.97 Å². The van der Waals surface area contributed by atoms with Gasteiger partial charge in [-0.3, -0.25) is 19.3 Å². The summed E-state index contributed by atoms with van der Waals surface area (Å²) in [4.78, 5) is 43.2. The number of rotatable bonds is 5. The lowest BCUT2D eigenvalue weighted by Gasteiger charge is -2.54. The molecule has 1 saturated carbocycles. The Bertz CT molecular complexity index is 929. The van der Waals surface area contributed by atoms with E-state index in [0.717, 1.165) is 31.4 Å². The predicted molar refractivity (Wildman–Crippen MR) is 123 cm³/mol. The van der Waals surface area contributed by atoms with Gasteiger partial charge in [0.05, 0.1) is 34.7 Å². The van der Waals surface area contributed by atoms with Crippen molar-refractivity contribution in [2.45, 2.75) is 62.8 Å². The molecule has 4 atom stereocenters. The number of nitrogens with zero attached hydrogens (tertiary/aromatic N) is 3. The Kier molecular flexibility index (Phi) is 7.48. The molecule has 2 heterocycles. The zero-order valence-corrected chi connectivity index (χ0v) is 19.8. The smallest absolute Gasteiger partial charge is 0.312 e. The van der Waals surface area contributed by atoms with Crippen LogP contribution in [0.5, 0.6) is 0 Å². The molecule has 8 nitrogen and oxygen atoms in total. The van der Waals surface area contributed by atoms with E-state index < -0.39 is 18.3 Å². The number of aliphatic hydroxyl groups excluding tert-OH is 1. The minimum atomic E-state index is -1.15. The van der Waals surface area contributed by atoms with Crippen LogP contribution in [0.25, 0.3) is 0 Å². The van der Waals surface area contributed by atoms with Gasteiger partial charge in [-0.15, -0.1) is 0 Å². The Morgan fingerprint density at radius 3 is 2.33 bits per heavy atom. The molecule has 10 heteroatoms. The highest BCUT2D eigenvalue weighted by Gasteiger charge is 2.48. The standard InChI is InChI=1S/C23H29Cl2N3O5/c24-16-5-4-14(10-17(16)25)11-20(30)28-9-8-27(21(31)12-22(32)33)19-3-1-2-18(23(19)28)26-7-6-15(29)13-26/h4-5,10,15,18-19,23,29H,1-3,6-9,11-13H2,(H,32,33)/t15?,18-,19-,23+/m1/s1. The number of carboxylic acid groups (broad SMARTS) is 1. The van der Waals surface area contributed by atoms with Crippen molar-refractivity contribution in [2.24, 2.45) is 0 Å². The first-order chi connectivity index (χ1) is 15.7. The number of carboxylic acids is 1. The van der Waals surface area contributed by atoms with Crippen molar-refractivity contribution in [2.75, 3.05) is 26.2 Å². The molecular weight excluding hydrogens is 469 g/mol. The Balaban J connectivity index is 1.60. The lowest BCUT2D eigenvalue weighted by atomic mass is 9.81. The van der Waals surface area contributed by atoms with Crippen LogP contribution in [0.15, 0.2) is 18.2 Å². The first kappa shape index (κ1) is 24.3. The number of benzene rings is 1. The first-order valence-corrected chi connectivity index (χ1v) is 12.2. The van der Waals surface area contributed by atoms with E-state index in [1.807, 2.05) is 4.90 Å². The van der Waals surface area contributed by atoms with Crippen LogP contribution in [0.4, 0.5) is 0 Å². The Morgan fingerprint density at radius 2 is 1.67 bits per heavy atom. The van der Waals surface area contributed by atoms with Crippen LogP contribution in [0.3, 0.4) is 0 Å². The van der Waals surface area contributed by atoms with E-state index in [1.54, 1.807) is 23.1 Å². The minimum Gasteiger partial charge on any atom is -0.481 e. The second kappa shape index (κ2) is 10.2. The Hall–Kier alpha value is -1.87. The van der Waals surface area contributed by atoms with Gasteiger partial charge in [0.15, 0.2) is 0 Å². The molecule has 2 N–H and O–H groups in total. The number of carbonyl (C=O) groups excluding carboxylic acids is 2. The van der Waals surface area contributed by atoms with Crippen LogP contribution < -0.4 is 0 Å². The van der Waals surface area contributed by atoms with E-state index in [0.29, 0.717) is 36.1 Å². The molecule has 180 valence electrons. The van der Waals surface area contributed by atoms with Crippen LogP contribution in [0.2, 0.25) is 10.0 Å². The van der Waals surface area contributed by atoms with Crippen molar-refractivity contribution in [3.05, 3.63) is 33.8 Å². The first-order valence-electron chi connectivity index (χ1n) is 11.4. The van der Waals surface area contributed by atoms with Crippen LogP contribution in [0.1, 0.15) is 37.7 Å². The number of piperazine rings is 1. The normalized spacial score (nSPS) is 28.0. The van der Waals surface area contributed by atoms with E-state index in [-0.39, 0.29) is 36.6 Å². The number of β-amino-alcohol motifs (C(OH)–C–C–N with tert-alkyl or cyclic N) is 1. The summed E-state index contributed by atoms with van der Waals surface area (Å²) in [7, 11) is 0. The predicted octanol–water partition coefficient (Wildman–Crippen LogP) is 2.04. The molecule has 1 aromatic rings. The van der Waals surface area contributed by atoms with Gasteiger partial charge < -0.3 is 20.0 Å². The van der Waals surface area contributed by atoms with Gasteiger partial charge in [0.1, 0.15) is 6.42 Å². The van der Waals surface area contributed by atoms with Gasteiger partial charge in [-0.05, 0) is 43.4 Å². The number of aliphatic hydroxyl groups is 1.